The van der Waals surface area contributed by atoms with Gasteiger partial charge in [-0.2, -0.15) is 0 Å². The van der Waals surface area contributed by atoms with Crippen molar-refractivity contribution in [3.63, 3.8) is 0 Å². The van der Waals surface area contributed by atoms with E-state index in [2.05, 4.69) is 11.8 Å². The molecule has 3 rings (SSSR count). The van der Waals surface area contributed by atoms with Crippen LogP contribution in [-0.2, 0) is 4.79 Å². The summed E-state index contributed by atoms with van der Waals surface area (Å²) in [4.78, 5) is 10.6. The minimum atomic E-state index is -0.741. The number of hydrogen-bond donors (Lipinski definition) is 3. The van der Waals surface area contributed by atoms with Crippen LogP contribution in [-0.4, -0.2) is 33.5 Å². The summed E-state index contributed by atoms with van der Waals surface area (Å²) >= 11 is 0. The first-order valence-electron chi connectivity index (χ1n) is 10.6. The number of carbonyl (C=O) groups is 1. The van der Waals surface area contributed by atoms with Crippen LogP contribution in [0.25, 0.3) is 0 Å². The van der Waals surface area contributed by atoms with Gasteiger partial charge in [-0.1, -0.05) is 25.0 Å². The van der Waals surface area contributed by atoms with E-state index >= 15 is 0 Å². The molecule has 5 atom stereocenters. The maximum Gasteiger partial charge on any atom is 0.303 e. The smallest absolute Gasteiger partial charge is 0.303 e. The Balaban J connectivity index is 1.59. The van der Waals surface area contributed by atoms with Gasteiger partial charge in [-0.15, -0.1) is 5.73 Å². The van der Waals surface area contributed by atoms with Crippen LogP contribution in [0, 0.1) is 23.7 Å². The van der Waals surface area contributed by atoms with E-state index in [0.29, 0.717) is 24.2 Å². The maximum absolute atomic E-state index is 10.6. The standard InChI is InChI=1S/C23H34O4/c1-15(5-4-8-23(26)27)11-16-12-18-14-22(25)19(20(18)13-16)9-10-21(24)17-6-2-3-7-17/h9-10,17-22,24-25H,2-8,12-14H2,1H3,(H,26,27)/b10-9+/t11?,18-,19-,20-,21-,22-/m0/s1. The minimum absolute atomic E-state index is 0.137. The SMILES string of the molecule is CC(=C=C1C[C@H]2C[C@H](O)[C@@H](/C=C/[C@H](O)C3CCCC3)[C@H]2C1)CCCC(=O)O. The van der Waals surface area contributed by atoms with E-state index in [4.69, 9.17) is 5.11 Å². The molecule has 150 valence electrons. The van der Waals surface area contributed by atoms with Crippen molar-refractivity contribution in [1.29, 1.82) is 0 Å². The third-order valence-corrected chi connectivity index (χ3v) is 6.83. The third kappa shape index (κ3) is 5.34. The Morgan fingerprint density at radius 2 is 2.00 bits per heavy atom. The molecule has 0 amide bonds. The van der Waals surface area contributed by atoms with Crippen molar-refractivity contribution in [3.05, 3.63) is 29.0 Å². The largest absolute Gasteiger partial charge is 0.481 e. The Kier molecular flexibility index (Phi) is 6.97. The van der Waals surface area contributed by atoms with Gasteiger partial charge in [-0.05, 0) is 80.8 Å². The van der Waals surface area contributed by atoms with Crippen molar-refractivity contribution in [2.75, 3.05) is 0 Å². The van der Waals surface area contributed by atoms with Crippen molar-refractivity contribution in [2.45, 2.75) is 83.3 Å². The summed E-state index contributed by atoms with van der Waals surface area (Å²) in [6.45, 7) is 2.03. The first-order chi connectivity index (χ1) is 12.9. The number of hydrogen-bond acceptors (Lipinski definition) is 3. The topological polar surface area (TPSA) is 77.8 Å². The van der Waals surface area contributed by atoms with Crippen LogP contribution >= 0.6 is 0 Å². The van der Waals surface area contributed by atoms with Crippen LogP contribution in [0.1, 0.15) is 71.1 Å². The zero-order valence-electron chi connectivity index (χ0n) is 16.4. The van der Waals surface area contributed by atoms with Gasteiger partial charge in [0.15, 0.2) is 0 Å². The predicted molar refractivity (Wildman–Crippen MR) is 105 cm³/mol. The fraction of sp³-hybridized carbons (Fsp3) is 0.739. The highest BCUT2D eigenvalue weighted by Gasteiger charge is 2.45. The van der Waals surface area contributed by atoms with Gasteiger partial charge < -0.3 is 15.3 Å². The molecule has 0 spiro atoms. The van der Waals surface area contributed by atoms with E-state index in [1.54, 1.807) is 0 Å². The molecule has 0 unspecified atom stereocenters. The Labute approximate surface area is 162 Å². The van der Waals surface area contributed by atoms with Gasteiger partial charge in [0.05, 0.1) is 12.2 Å². The summed E-state index contributed by atoms with van der Waals surface area (Å²) in [6, 6.07) is 0. The zero-order valence-corrected chi connectivity index (χ0v) is 16.4. The number of carboxylic acid groups (broad SMARTS) is 1. The molecule has 0 aliphatic heterocycles. The van der Waals surface area contributed by atoms with Gasteiger partial charge >= 0.3 is 5.97 Å². The van der Waals surface area contributed by atoms with Gasteiger partial charge in [-0.3, -0.25) is 4.79 Å². The number of allylic oxidation sites excluding steroid dienone is 1. The van der Waals surface area contributed by atoms with E-state index in [1.807, 2.05) is 13.0 Å². The lowest BCUT2D eigenvalue weighted by atomic mass is 9.89. The van der Waals surface area contributed by atoms with E-state index in [-0.39, 0.29) is 24.5 Å². The summed E-state index contributed by atoms with van der Waals surface area (Å²) in [7, 11) is 0. The Morgan fingerprint density at radius 3 is 2.70 bits per heavy atom. The Hall–Kier alpha value is -1.35. The second-order valence-electron chi connectivity index (χ2n) is 8.89. The molecule has 4 heteroatoms. The van der Waals surface area contributed by atoms with Crippen molar-refractivity contribution < 1.29 is 20.1 Å². The number of rotatable bonds is 7. The van der Waals surface area contributed by atoms with E-state index in [9.17, 15) is 15.0 Å². The fourth-order valence-electron chi connectivity index (χ4n) is 5.40. The molecule has 0 aromatic heterocycles. The highest BCUT2D eigenvalue weighted by Crippen LogP contribution is 2.50. The summed E-state index contributed by atoms with van der Waals surface area (Å²) in [5.41, 5.74) is 5.97. The first-order valence-corrected chi connectivity index (χ1v) is 10.6. The average Bonchev–Trinajstić information content (AvgIpc) is 3.29. The van der Waals surface area contributed by atoms with Crippen LogP contribution in [0.5, 0.6) is 0 Å². The van der Waals surface area contributed by atoms with Gasteiger partial charge in [0.25, 0.3) is 0 Å². The van der Waals surface area contributed by atoms with Gasteiger partial charge in [0.2, 0.25) is 0 Å². The average molecular weight is 375 g/mol. The molecule has 3 saturated carbocycles. The Bertz CT molecular complexity index is 622. The lowest BCUT2D eigenvalue weighted by molar-refractivity contribution is -0.137. The molecule has 0 aromatic carbocycles. The van der Waals surface area contributed by atoms with Crippen molar-refractivity contribution in [3.8, 4) is 0 Å². The molecule has 3 aliphatic carbocycles. The predicted octanol–water partition coefficient (Wildman–Crippen LogP) is 4.23. The van der Waals surface area contributed by atoms with Crippen LogP contribution in [0.4, 0.5) is 0 Å². The quantitative estimate of drug-likeness (QED) is 0.460. The first kappa shape index (κ1) is 20.4. The summed E-state index contributed by atoms with van der Waals surface area (Å²) < 4.78 is 0. The molecule has 0 bridgehead atoms. The second kappa shape index (κ2) is 9.23. The molecule has 0 saturated heterocycles. The molecule has 27 heavy (non-hydrogen) atoms. The molecule has 4 nitrogen and oxygen atoms in total. The van der Waals surface area contributed by atoms with E-state index < -0.39 is 5.97 Å². The monoisotopic (exact) mass is 374 g/mol. The summed E-state index contributed by atoms with van der Waals surface area (Å²) in [6.07, 6.45) is 12.5. The van der Waals surface area contributed by atoms with Crippen LogP contribution in [0.2, 0.25) is 0 Å². The number of fused-ring (bicyclic) bond motifs is 1. The lowest BCUT2D eigenvalue weighted by Crippen LogP contribution is -2.19. The van der Waals surface area contributed by atoms with Crippen LogP contribution in [0.3, 0.4) is 0 Å². The molecule has 0 radical (unpaired) electrons. The second-order valence-corrected chi connectivity index (χ2v) is 8.89. The van der Waals surface area contributed by atoms with Crippen molar-refractivity contribution in [2.24, 2.45) is 23.7 Å². The van der Waals surface area contributed by atoms with E-state index in [1.165, 1.54) is 18.4 Å². The number of aliphatic hydroxyl groups excluding tert-OH is 2. The molecule has 3 fully saturated rings. The van der Waals surface area contributed by atoms with Gasteiger partial charge in [-0.25, -0.2) is 0 Å². The van der Waals surface area contributed by atoms with Crippen LogP contribution < -0.4 is 0 Å². The number of aliphatic carboxylic acids is 1. The highest BCUT2D eigenvalue weighted by molar-refractivity contribution is 5.66. The Morgan fingerprint density at radius 1 is 1.26 bits per heavy atom. The minimum Gasteiger partial charge on any atom is -0.481 e. The maximum atomic E-state index is 10.6. The lowest BCUT2D eigenvalue weighted by Gasteiger charge is -2.19. The van der Waals surface area contributed by atoms with Crippen LogP contribution in [0.15, 0.2) is 29.0 Å². The number of carboxylic acids is 1. The number of aliphatic hydroxyl groups is 2. The molecule has 3 aliphatic rings. The fourth-order valence-corrected chi connectivity index (χ4v) is 5.40. The van der Waals surface area contributed by atoms with Gasteiger partial charge in [0, 0.05) is 12.3 Å². The van der Waals surface area contributed by atoms with Crippen molar-refractivity contribution in [1.82, 2.24) is 0 Å². The third-order valence-electron chi connectivity index (χ3n) is 6.83. The zero-order chi connectivity index (χ0) is 19.4. The van der Waals surface area contributed by atoms with Crippen molar-refractivity contribution >= 4 is 5.97 Å². The molecular formula is C23H34O4. The molecule has 0 heterocycles. The molecule has 0 aromatic rings. The van der Waals surface area contributed by atoms with E-state index in [0.717, 1.165) is 44.1 Å². The summed E-state index contributed by atoms with van der Waals surface area (Å²) in [5, 5.41) is 29.6. The van der Waals surface area contributed by atoms with Gasteiger partial charge in [0.1, 0.15) is 0 Å². The normalized spacial score (nSPS) is 32.0. The molecule has 3 N–H and O–H groups in total. The highest BCUT2D eigenvalue weighted by atomic mass is 16.4. The summed E-state index contributed by atoms with van der Waals surface area (Å²) in [5.74, 6) is 0.742. The molecular weight excluding hydrogens is 340 g/mol.